The molecule has 1 amide bonds. The maximum atomic E-state index is 12.4. The Morgan fingerprint density at radius 1 is 1.09 bits per heavy atom. The zero-order valence-electron chi connectivity index (χ0n) is 18.2. The lowest BCUT2D eigenvalue weighted by Crippen LogP contribution is -2.44. The van der Waals surface area contributed by atoms with Crippen LogP contribution in [0.15, 0.2) is 47.1 Å². The van der Waals surface area contributed by atoms with Gasteiger partial charge in [-0.05, 0) is 60.1 Å². The molecule has 10 heteroatoms. The van der Waals surface area contributed by atoms with Crippen LogP contribution in [-0.4, -0.2) is 75.6 Å². The fourth-order valence-electron chi connectivity index (χ4n) is 5.07. The van der Waals surface area contributed by atoms with E-state index in [1.54, 1.807) is 16.8 Å². The summed E-state index contributed by atoms with van der Waals surface area (Å²) < 4.78 is 19.1. The van der Waals surface area contributed by atoms with Gasteiger partial charge in [0.15, 0.2) is 11.6 Å². The third-order valence-electron chi connectivity index (χ3n) is 6.69. The van der Waals surface area contributed by atoms with E-state index in [0.29, 0.717) is 19.0 Å². The van der Waals surface area contributed by atoms with Gasteiger partial charge in [0, 0.05) is 12.1 Å². The van der Waals surface area contributed by atoms with E-state index in [1.807, 2.05) is 6.07 Å². The Balaban J connectivity index is 1.18. The molecular weight excluding hydrogens is 424 g/mol. The first-order valence-corrected chi connectivity index (χ1v) is 11.4. The monoisotopic (exact) mass is 450 g/mol. The van der Waals surface area contributed by atoms with Crippen molar-refractivity contribution >= 4 is 5.91 Å². The Labute approximate surface area is 190 Å². The number of carbonyl (C=O) groups is 1. The van der Waals surface area contributed by atoms with Gasteiger partial charge in [-0.25, -0.2) is 4.68 Å². The molecule has 0 spiro atoms. The predicted molar refractivity (Wildman–Crippen MR) is 116 cm³/mol. The van der Waals surface area contributed by atoms with E-state index in [0.717, 1.165) is 25.2 Å². The highest BCUT2D eigenvalue weighted by molar-refractivity contribution is 5.91. The number of hydrogen-bond donors (Lipinski definition) is 1. The number of rotatable bonds is 6. The van der Waals surface area contributed by atoms with Crippen molar-refractivity contribution in [2.45, 2.75) is 43.7 Å². The molecule has 3 saturated heterocycles. The van der Waals surface area contributed by atoms with Crippen molar-refractivity contribution in [3.05, 3.63) is 54.0 Å². The summed E-state index contributed by atoms with van der Waals surface area (Å²) in [4.78, 5) is 14.9. The molecule has 0 radical (unpaired) electrons. The molecule has 3 aliphatic rings. The number of tetrazole rings is 1. The van der Waals surface area contributed by atoms with E-state index in [1.165, 1.54) is 24.7 Å². The quantitative estimate of drug-likeness (QED) is 0.604. The van der Waals surface area contributed by atoms with Gasteiger partial charge in [-0.15, -0.1) is 5.10 Å². The molecule has 1 aromatic carbocycles. The van der Waals surface area contributed by atoms with Gasteiger partial charge in [0.1, 0.15) is 18.2 Å². The molecule has 6 rings (SSSR count). The Hall–Kier alpha value is -3.08. The number of aromatic nitrogens is 4. The Morgan fingerprint density at radius 2 is 1.97 bits per heavy atom. The molecule has 0 saturated carbocycles. The van der Waals surface area contributed by atoms with Crippen LogP contribution in [-0.2, 0) is 16.0 Å². The number of carbonyl (C=O) groups excluding carboxylic acids is 1. The maximum Gasteiger partial charge on any atom is 0.287 e. The van der Waals surface area contributed by atoms with Crippen molar-refractivity contribution in [1.82, 2.24) is 30.4 Å². The Morgan fingerprint density at radius 3 is 2.82 bits per heavy atom. The van der Waals surface area contributed by atoms with E-state index in [-0.39, 0.29) is 36.0 Å². The molecule has 0 aliphatic carbocycles. The summed E-state index contributed by atoms with van der Waals surface area (Å²) in [6, 6.07) is 11.3. The van der Waals surface area contributed by atoms with Crippen LogP contribution >= 0.6 is 0 Å². The minimum absolute atomic E-state index is 0.173. The maximum absolute atomic E-state index is 12.4. The first-order valence-electron chi connectivity index (χ1n) is 11.4. The molecule has 3 fully saturated rings. The standard InChI is InChI=1S/C23H26N6O4/c30-23(19-7-4-10-31-19)24-17-13-32-21-18(14-33-20(17)21)29-22(25-26-27-29)16-6-3-5-15(11-16)12-28-8-1-2-9-28/h3-7,10-11,17-18,20-21H,1-2,8-9,12-14H2,(H,24,30)/t17-,18-,20+,21+/m0/s1. The average molecular weight is 450 g/mol. The third kappa shape index (κ3) is 3.94. The van der Waals surface area contributed by atoms with Crippen molar-refractivity contribution in [3.8, 4) is 11.4 Å². The zero-order chi connectivity index (χ0) is 22.2. The highest BCUT2D eigenvalue weighted by Gasteiger charge is 2.50. The Bertz CT molecular complexity index is 1110. The average Bonchev–Trinajstić information content (AvgIpc) is 3.64. The Kier molecular flexibility index (Phi) is 5.41. The smallest absolute Gasteiger partial charge is 0.287 e. The van der Waals surface area contributed by atoms with Gasteiger partial charge in [-0.2, -0.15) is 0 Å². The van der Waals surface area contributed by atoms with E-state index in [2.05, 4.69) is 43.9 Å². The van der Waals surface area contributed by atoms with Crippen molar-refractivity contribution in [2.75, 3.05) is 26.3 Å². The number of fused-ring (bicyclic) bond motifs is 1. The van der Waals surface area contributed by atoms with Crippen molar-refractivity contribution in [1.29, 1.82) is 0 Å². The molecule has 4 atom stereocenters. The normalized spacial score (nSPS) is 27.2. The van der Waals surface area contributed by atoms with Crippen LogP contribution in [0.2, 0.25) is 0 Å². The second-order valence-electron chi connectivity index (χ2n) is 8.85. The summed E-state index contributed by atoms with van der Waals surface area (Å²) in [6.45, 7) is 4.01. The number of ether oxygens (including phenoxy) is 2. The topological polar surface area (TPSA) is 108 Å². The zero-order valence-corrected chi connectivity index (χ0v) is 18.2. The van der Waals surface area contributed by atoms with E-state index in [9.17, 15) is 4.79 Å². The minimum Gasteiger partial charge on any atom is -0.459 e. The molecule has 33 heavy (non-hydrogen) atoms. The number of nitrogens with zero attached hydrogens (tertiary/aromatic N) is 5. The summed E-state index contributed by atoms with van der Waals surface area (Å²) in [5.74, 6) is 0.683. The van der Waals surface area contributed by atoms with Crippen LogP contribution in [0.25, 0.3) is 11.4 Å². The lowest BCUT2D eigenvalue weighted by Gasteiger charge is -2.18. The van der Waals surface area contributed by atoms with Gasteiger partial charge in [0.05, 0.1) is 25.5 Å². The number of benzene rings is 1. The molecule has 0 unspecified atom stereocenters. The lowest BCUT2D eigenvalue weighted by molar-refractivity contribution is 0.0613. The summed E-state index contributed by atoms with van der Waals surface area (Å²) in [5.41, 5.74) is 2.23. The van der Waals surface area contributed by atoms with Crippen molar-refractivity contribution < 1.29 is 18.7 Å². The molecule has 172 valence electrons. The first-order chi connectivity index (χ1) is 16.3. The van der Waals surface area contributed by atoms with Crippen LogP contribution in [0.1, 0.15) is 35.0 Å². The first kappa shape index (κ1) is 20.5. The molecule has 10 nitrogen and oxygen atoms in total. The number of likely N-dealkylation sites (tertiary alicyclic amines) is 1. The van der Waals surface area contributed by atoms with Gasteiger partial charge < -0.3 is 19.2 Å². The van der Waals surface area contributed by atoms with Gasteiger partial charge in [0.2, 0.25) is 0 Å². The molecule has 5 heterocycles. The van der Waals surface area contributed by atoms with Crippen LogP contribution in [0, 0.1) is 0 Å². The molecule has 2 aromatic heterocycles. The summed E-state index contributed by atoms with van der Waals surface area (Å²) in [5, 5.41) is 15.5. The molecule has 3 aromatic rings. The SMILES string of the molecule is O=C(N[C@H]1CO[C@H]2[C@@H]1OC[C@@H]2n1nnnc1-c1cccc(CN2CCCC2)c1)c1ccco1. The van der Waals surface area contributed by atoms with Crippen molar-refractivity contribution in [2.24, 2.45) is 0 Å². The molecule has 1 N–H and O–H groups in total. The van der Waals surface area contributed by atoms with Gasteiger partial charge >= 0.3 is 0 Å². The van der Waals surface area contributed by atoms with Crippen LogP contribution < -0.4 is 5.32 Å². The van der Waals surface area contributed by atoms with Crippen LogP contribution in [0.4, 0.5) is 0 Å². The van der Waals surface area contributed by atoms with Gasteiger partial charge in [-0.3, -0.25) is 9.69 Å². The molecule has 3 aliphatic heterocycles. The van der Waals surface area contributed by atoms with E-state index in [4.69, 9.17) is 13.9 Å². The minimum atomic E-state index is -0.278. The van der Waals surface area contributed by atoms with Gasteiger partial charge in [0.25, 0.3) is 5.91 Å². The van der Waals surface area contributed by atoms with Crippen molar-refractivity contribution in [3.63, 3.8) is 0 Å². The number of hydrogen-bond acceptors (Lipinski definition) is 8. The highest BCUT2D eigenvalue weighted by Crippen LogP contribution is 2.36. The third-order valence-corrected chi connectivity index (χ3v) is 6.69. The largest absolute Gasteiger partial charge is 0.459 e. The molecule has 0 bridgehead atoms. The molecular formula is C23H26N6O4. The summed E-state index contributed by atoms with van der Waals surface area (Å²) in [7, 11) is 0. The second kappa shape index (κ2) is 8.69. The lowest BCUT2D eigenvalue weighted by atomic mass is 10.1. The van der Waals surface area contributed by atoms with E-state index >= 15 is 0 Å². The fourth-order valence-corrected chi connectivity index (χ4v) is 5.07. The summed E-state index contributed by atoms with van der Waals surface area (Å²) in [6.07, 6.45) is 3.50. The summed E-state index contributed by atoms with van der Waals surface area (Å²) >= 11 is 0. The van der Waals surface area contributed by atoms with Crippen LogP contribution in [0.3, 0.4) is 0 Å². The predicted octanol–water partition coefficient (Wildman–Crippen LogP) is 1.67. The number of amides is 1. The van der Waals surface area contributed by atoms with Crippen LogP contribution in [0.5, 0.6) is 0 Å². The van der Waals surface area contributed by atoms with E-state index < -0.39 is 0 Å². The highest BCUT2D eigenvalue weighted by atomic mass is 16.6. The second-order valence-corrected chi connectivity index (χ2v) is 8.85. The van der Waals surface area contributed by atoms with Gasteiger partial charge in [-0.1, -0.05) is 18.2 Å². The fraction of sp³-hybridized carbons (Fsp3) is 0.478. The number of nitrogens with one attached hydrogen (secondary N) is 1. The number of furan rings is 1.